The number of allylic oxidation sites excluding steroid dienone is 2. The molecule has 148 valence electrons. The number of rotatable bonds is 6. The highest BCUT2D eigenvalue weighted by Gasteiger charge is 2.21. The zero-order valence-corrected chi connectivity index (χ0v) is 16.2. The highest BCUT2D eigenvalue weighted by molar-refractivity contribution is 6.14. The van der Waals surface area contributed by atoms with Crippen LogP contribution in [0.25, 0.3) is 12.2 Å². The SMILES string of the molecule is C=CCc1cc(/C=C2\COC/C(=C\c3ccc(O)c(CC=C)c3)C2=O)ccc1O. The fraction of sp³-hybridized carbons (Fsp3) is 0.160. The fourth-order valence-corrected chi connectivity index (χ4v) is 3.25. The lowest BCUT2D eigenvalue weighted by atomic mass is 9.96. The van der Waals surface area contributed by atoms with E-state index in [1.54, 1.807) is 48.6 Å². The number of Topliss-reactive ketones (excluding diaryl/α,β-unsaturated/α-hetero) is 1. The van der Waals surface area contributed by atoms with Gasteiger partial charge in [-0.1, -0.05) is 24.3 Å². The van der Waals surface area contributed by atoms with Gasteiger partial charge in [-0.25, -0.2) is 0 Å². The Kier molecular flexibility index (Phi) is 6.47. The molecule has 0 saturated carbocycles. The van der Waals surface area contributed by atoms with Gasteiger partial charge in [-0.05, 0) is 71.5 Å². The summed E-state index contributed by atoms with van der Waals surface area (Å²) in [6, 6.07) is 10.5. The number of hydrogen-bond acceptors (Lipinski definition) is 4. The van der Waals surface area contributed by atoms with Gasteiger partial charge in [0.1, 0.15) is 11.5 Å². The third kappa shape index (κ3) is 4.92. The first-order valence-electron chi connectivity index (χ1n) is 9.41. The van der Waals surface area contributed by atoms with Gasteiger partial charge < -0.3 is 14.9 Å². The van der Waals surface area contributed by atoms with Crippen molar-refractivity contribution in [2.24, 2.45) is 0 Å². The summed E-state index contributed by atoms with van der Waals surface area (Å²) in [6.07, 6.45) is 8.13. The first-order chi connectivity index (χ1) is 14.0. The van der Waals surface area contributed by atoms with Crippen LogP contribution in [-0.4, -0.2) is 29.2 Å². The first-order valence-corrected chi connectivity index (χ1v) is 9.41. The van der Waals surface area contributed by atoms with E-state index in [1.165, 1.54) is 0 Å². The normalized spacial score (nSPS) is 16.9. The molecule has 1 saturated heterocycles. The minimum Gasteiger partial charge on any atom is -0.508 e. The Morgan fingerprint density at radius 2 is 1.28 bits per heavy atom. The molecule has 1 aliphatic rings. The maximum Gasteiger partial charge on any atom is 0.189 e. The molecule has 0 radical (unpaired) electrons. The number of phenols is 2. The summed E-state index contributed by atoms with van der Waals surface area (Å²) >= 11 is 0. The second-order valence-electron chi connectivity index (χ2n) is 6.92. The fourth-order valence-electron chi connectivity index (χ4n) is 3.25. The van der Waals surface area contributed by atoms with Gasteiger partial charge in [0.25, 0.3) is 0 Å². The smallest absolute Gasteiger partial charge is 0.189 e. The third-order valence-corrected chi connectivity index (χ3v) is 4.72. The average Bonchev–Trinajstić information content (AvgIpc) is 2.70. The van der Waals surface area contributed by atoms with E-state index in [2.05, 4.69) is 13.2 Å². The van der Waals surface area contributed by atoms with Gasteiger partial charge in [0.2, 0.25) is 0 Å². The van der Waals surface area contributed by atoms with Gasteiger partial charge in [0, 0.05) is 11.1 Å². The molecule has 0 aromatic heterocycles. The molecule has 3 rings (SSSR count). The number of hydrogen-bond donors (Lipinski definition) is 2. The summed E-state index contributed by atoms with van der Waals surface area (Å²) in [5.41, 5.74) is 4.28. The zero-order chi connectivity index (χ0) is 20.8. The van der Waals surface area contributed by atoms with Crippen LogP contribution in [-0.2, 0) is 22.4 Å². The molecule has 0 bridgehead atoms. The Bertz CT molecular complexity index is 932. The van der Waals surface area contributed by atoms with Crippen molar-refractivity contribution < 1.29 is 19.7 Å². The number of phenolic OH excluding ortho intramolecular Hbond substituents is 2. The van der Waals surface area contributed by atoms with E-state index in [1.807, 2.05) is 12.1 Å². The van der Waals surface area contributed by atoms with Crippen LogP contribution in [0, 0.1) is 0 Å². The molecule has 0 unspecified atom stereocenters. The highest BCUT2D eigenvalue weighted by atomic mass is 16.5. The first kappa shape index (κ1) is 20.4. The predicted octanol–water partition coefficient (Wildman–Crippen LogP) is 4.62. The van der Waals surface area contributed by atoms with Crippen LogP contribution < -0.4 is 0 Å². The molecule has 0 aliphatic carbocycles. The molecule has 0 atom stereocenters. The van der Waals surface area contributed by atoms with Gasteiger partial charge in [0.05, 0.1) is 13.2 Å². The molecule has 2 aromatic rings. The topological polar surface area (TPSA) is 66.8 Å². The second kappa shape index (κ2) is 9.22. The molecule has 1 heterocycles. The van der Waals surface area contributed by atoms with Crippen LogP contribution >= 0.6 is 0 Å². The molecule has 4 heteroatoms. The van der Waals surface area contributed by atoms with Crippen molar-refractivity contribution >= 4 is 17.9 Å². The second-order valence-corrected chi connectivity index (χ2v) is 6.92. The number of aromatic hydroxyl groups is 2. The van der Waals surface area contributed by atoms with Crippen LogP contribution in [0.2, 0.25) is 0 Å². The quantitative estimate of drug-likeness (QED) is 0.560. The third-order valence-electron chi connectivity index (χ3n) is 4.72. The number of ether oxygens (including phenoxy) is 1. The zero-order valence-electron chi connectivity index (χ0n) is 16.2. The Labute approximate surface area is 170 Å². The van der Waals surface area contributed by atoms with Gasteiger partial charge in [-0.3, -0.25) is 4.79 Å². The Balaban J connectivity index is 1.89. The standard InChI is InChI=1S/C25H24O4/c1-3-5-19-11-17(7-9-23(19)26)13-21-15-29-16-22(25(21)28)14-18-8-10-24(27)20(12-18)6-4-2/h3-4,7-14,26-27H,1-2,5-6,15-16H2/b21-13+,22-14+. The van der Waals surface area contributed by atoms with Crippen LogP contribution in [0.5, 0.6) is 11.5 Å². The van der Waals surface area contributed by atoms with Crippen LogP contribution in [0.15, 0.2) is 72.9 Å². The van der Waals surface area contributed by atoms with Gasteiger partial charge in [0.15, 0.2) is 5.78 Å². The molecule has 0 spiro atoms. The molecule has 2 N–H and O–H groups in total. The summed E-state index contributed by atoms with van der Waals surface area (Å²) in [5, 5.41) is 19.8. The van der Waals surface area contributed by atoms with Crippen molar-refractivity contribution in [3.63, 3.8) is 0 Å². The molecule has 29 heavy (non-hydrogen) atoms. The predicted molar refractivity (Wildman–Crippen MR) is 116 cm³/mol. The van der Waals surface area contributed by atoms with E-state index in [4.69, 9.17) is 4.74 Å². The van der Waals surface area contributed by atoms with Gasteiger partial charge in [-0.2, -0.15) is 0 Å². The number of ketones is 1. The number of benzene rings is 2. The van der Waals surface area contributed by atoms with Crippen molar-refractivity contribution in [3.05, 3.63) is 95.1 Å². The van der Waals surface area contributed by atoms with Crippen molar-refractivity contribution in [2.75, 3.05) is 13.2 Å². The van der Waals surface area contributed by atoms with Crippen LogP contribution in [0.3, 0.4) is 0 Å². The highest BCUT2D eigenvalue weighted by Crippen LogP contribution is 2.25. The summed E-state index contributed by atoms with van der Waals surface area (Å²) in [7, 11) is 0. The van der Waals surface area contributed by atoms with Crippen LogP contribution in [0.4, 0.5) is 0 Å². The lowest BCUT2D eigenvalue weighted by Gasteiger charge is -2.18. The monoisotopic (exact) mass is 388 g/mol. The van der Waals surface area contributed by atoms with E-state index in [0.717, 1.165) is 22.3 Å². The largest absolute Gasteiger partial charge is 0.508 e. The number of carbonyl (C=O) groups is 1. The maximum atomic E-state index is 12.9. The van der Waals surface area contributed by atoms with Crippen molar-refractivity contribution in [1.82, 2.24) is 0 Å². The summed E-state index contributed by atoms with van der Waals surface area (Å²) in [4.78, 5) is 12.9. The van der Waals surface area contributed by atoms with Gasteiger partial charge >= 0.3 is 0 Å². The molecule has 4 nitrogen and oxygen atoms in total. The molecular weight excluding hydrogens is 364 g/mol. The number of carbonyl (C=O) groups excluding carboxylic acids is 1. The molecule has 1 fully saturated rings. The molecule has 2 aromatic carbocycles. The molecular formula is C25H24O4. The van der Waals surface area contributed by atoms with Gasteiger partial charge in [-0.15, -0.1) is 13.2 Å². The van der Waals surface area contributed by atoms with E-state index < -0.39 is 0 Å². The lowest BCUT2D eigenvalue weighted by molar-refractivity contribution is -0.114. The minimum absolute atomic E-state index is 0.0621. The Hall–Kier alpha value is -3.37. The lowest BCUT2D eigenvalue weighted by Crippen LogP contribution is -2.21. The van der Waals surface area contributed by atoms with E-state index in [9.17, 15) is 15.0 Å². The Morgan fingerprint density at radius 3 is 1.69 bits per heavy atom. The van der Waals surface area contributed by atoms with E-state index in [-0.39, 0.29) is 30.5 Å². The maximum absolute atomic E-state index is 12.9. The summed E-state index contributed by atoms with van der Waals surface area (Å²) < 4.78 is 5.62. The van der Waals surface area contributed by atoms with E-state index in [0.29, 0.717) is 24.0 Å². The minimum atomic E-state index is -0.0621. The van der Waals surface area contributed by atoms with Crippen LogP contribution in [0.1, 0.15) is 22.3 Å². The summed E-state index contributed by atoms with van der Waals surface area (Å²) in [5.74, 6) is 0.357. The molecule has 0 amide bonds. The van der Waals surface area contributed by atoms with Crippen molar-refractivity contribution in [2.45, 2.75) is 12.8 Å². The average molecular weight is 388 g/mol. The van der Waals surface area contributed by atoms with Crippen molar-refractivity contribution in [3.8, 4) is 11.5 Å². The summed E-state index contributed by atoms with van der Waals surface area (Å²) in [6.45, 7) is 7.88. The van der Waals surface area contributed by atoms with Crippen molar-refractivity contribution in [1.29, 1.82) is 0 Å². The molecule has 1 aliphatic heterocycles. The van der Waals surface area contributed by atoms with E-state index >= 15 is 0 Å². The Morgan fingerprint density at radius 1 is 0.828 bits per heavy atom.